The molecule has 1 heterocycles. The Morgan fingerprint density at radius 3 is 2.81 bits per heavy atom. The van der Waals surface area contributed by atoms with Crippen molar-refractivity contribution >= 4 is 17.3 Å². The van der Waals surface area contributed by atoms with Crippen LogP contribution in [0.3, 0.4) is 0 Å². The fourth-order valence-corrected chi connectivity index (χ4v) is 1.65. The van der Waals surface area contributed by atoms with Crippen molar-refractivity contribution in [3.8, 4) is 0 Å². The highest BCUT2D eigenvalue weighted by molar-refractivity contribution is 6.29. The van der Waals surface area contributed by atoms with Gasteiger partial charge in [-0.3, -0.25) is 0 Å². The summed E-state index contributed by atoms with van der Waals surface area (Å²) in [5.41, 5.74) is 1.71. The molecule has 0 saturated carbocycles. The van der Waals surface area contributed by atoms with Gasteiger partial charge in [-0.1, -0.05) is 24.6 Å². The number of rotatable bonds is 6. The minimum Gasteiger partial charge on any atom is -0.384 e. The fraction of sp³-hybridized carbons (Fsp3) is 0.500. The summed E-state index contributed by atoms with van der Waals surface area (Å²) in [7, 11) is 1.67. The number of nitrogens with zero attached hydrogens (tertiary/aromatic N) is 1. The summed E-state index contributed by atoms with van der Waals surface area (Å²) < 4.78 is 5.10. The molecule has 1 atom stereocenters. The molecular weight excluding hydrogens is 224 g/mol. The third-order valence-corrected chi connectivity index (χ3v) is 2.76. The highest BCUT2D eigenvalue weighted by Crippen LogP contribution is 2.11. The topological polar surface area (TPSA) is 46.0 Å². The Hall–Kier alpha value is -0.930. The lowest BCUT2D eigenvalue weighted by Gasteiger charge is -2.15. The van der Waals surface area contributed by atoms with Crippen molar-refractivity contribution in [3.63, 3.8) is 0 Å². The number of nitrogens with one attached hydrogen (secondary N) is 1. The molecule has 0 aliphatic heterocycles. The molecule has 0 amide bonds. The summed E-state index contributed by atoms with van der Waals surface area (Å²) >= 11 is 5.70. The van der Waals surface area contributed by atoms with Gasteiger partial charge in [-0.05, 0) is 18.1 Å². The van der Waals surface area contributed by atoms with E-state index in [1.165, 1.54) is 0 Å². The van der Waals surface area contributed by atoms with Gasteiger partial charge in [0.15, 0.2) is 0 Å². The van der Waals surface area contributed by atoms with Gasteiger partial charge in [-0.25, -0.2) is 4.98 Å². The Morgan fingerprint density at radius 1 is 1.56 bits per heavy atom. The fourth-order valence-electron chi connectivity index (χ4n) is 1.54. The standard InChI is InChI=1S/C12H17ClN2O/c1-3-10(8-16-2)11(14)6-9-4-5-12(13)15-7-9/h4-5,7,10,14H,3,6,8H2,1-2H3. The van der Waals surface area contributed by atoms with Crippen LogP contribution >= 0.6 is 11.6 Å². The Balaban J connectivity index is 2.59. The van der Waals surface area contributed by atoms with Crippen LogP contribution in [-0.2, 0) is 11.2 Å². The second kappa shape index (κ2) is 6.61. The predicted molar refractivity (Wildman–Crippen MR) is 66.3 cm³/mol. The first kappa shape index (κ1) is 13.1. The summed E-state index contributed by atoms with van der Waals surface area (Å²) in [6, 6.07) is 3.66. The van der Waals surface area contributed by atoms with Gasteiger partial charge in [0.25, 0.3) is 0 Å². The van der Waals surface area contributed by atoms with Crippen molar-refractivity contribution in [2.24, 2.45) is 5.92 Å². The van der Waals surface area contributed by atoms with Crippen LogP contribution in [0.15, 0.2) is 18.3 Å². The highest BCUT2D eigenvalue weighted by atomic mass is 35.5. The van der Waals surface area contributed by atoms with E-state index in [2.05, 4.69) is 11.9 Å². The number of ether oxygens (including phenoxy) is 1. The summed E-state index contributed by atoms with van der Waals surface area (Å²) in [5.74, 6) is 0.195. The van der Waals surface area contributed by atoms with E-state index in [1.54, 1.807) is 19.4 Å². The number of hydrogen-bond donors (Lipinski definition) is 1. The lowest BCUT2D eigenvalue weighted by molar-refractivity contribution is 0.173. The van der Waals surface area contributed by atoms with Crippen molar-refractivity contribution in [1.29, 1.82) is 5.41 Å². The molecular formula is C12H17ClN2O. The molecule has 0 aliphatic rings. The Labute approximate surface area is 101 Å². The number of halogens is 1. The number of pyridine rings is 1. The van der Waals surface area contributed by atoms with Crippen LogP contribution in [0.5, 0.6) is 0 Å². The van der Waals surface area contributed by atoms with Crippen molar-refractivity contribution < 1.29 is 4.74 Å². The molecule has 88 valence electrons. The zero-order chi connectivity index (χ0) is 12.0. The monoisotopic (exact) mass is 240 g/mol. The normalized spacial score (nSPS) is 12.4. The Bertz CT molecular complexity index is 337. The lowest BCUT2D eigenvalue weighted by atomic mass is 9.96. The van der Waals surface area contributed by atoms with Crippen LogP contribution in [0.1, 0.15) is 18.9 Å². The van der Waals surface area contributed by atoms with Crippen LogP contribution in [0.25, 0.3) is 0 Å². The largest absolute Gasteiger partial charge is 0.384 e. The van der Waals surface area contributed by atoms with E-state index in [4.69, 9.17) is 21.7 Å². The van der Waals surface area contributed by atoms with Gasteiger partial charge in [-0.2, -0.15) is 0 Å². The van der Waals surface area contributed by atoms with E-state index in [1.807, 2.05) is 6.07 Å². The second-order valence-electron chi connectivity index (χ2n) is 3.75. The van der Waals surface area contributed by atoms with E-state index >= 15 is 0 Å². The second-order valence-corrected chi connectivity index (χ2v) is 4.14. The maximum Gasteiger partial charge on any atom is 0.129 e. The van der Waals surface area contributed by atoms with E-state index < -0.39 is 0 Å². The molecule has 1 aromatic heterocycles. The third-order valence-electron chi connectivity index (χ3n) is 2.54. The predicted octanol–water partition coefficient (Wildman–Crippen LogP) is 2.97. The van der Waals surface area contributed by atoms with Gasteiger partial charge in [0, 0.05) is 31.4 Å². The average Bonchev–Trinajstić information content (AvgIpc) is 2.29. The molecule has 4 heteroatoms. The van der Waals surface area contributed by atoms with Crippen LogP contribution in [-0.4, -0.2) is 24.4 Å². The molecule has 1 rings (SSSR count). The maximum atomic E-state index is 8.00. The summed E-state index contributed by atoms with van der Waals surface area (Å²) in [6.45, 7) is 2.68. The van der Waals surface area contributed by atoms with Crippen LogP contribution in [0, 0.1) is 11.3 Å². The smallest absolute Gasteiger partial charge is 0.129 e. The quantitative estimate of drug-likeness (QED) is 0.614. The van der Waals surface area contributed by atoms with E-state index in [9.17, 15) is 0 Å². The molecule has 0 bridgehead atoms. The van der Waals surface area contributed by atoms with Crippen LogP contribution in [0.4, 0.5) is 0 Å². The van der Waals surface area contributed by atoms with Crippen molar-refractivity contribution in [1.82, 2.24) is 4.98 Å². The molecule has 0 aromatic carbocycles. The number of methoxy groups -OCH3 is 1. The van der Waals surface area contributed by atoms with E-state index in [0.717, 1.165) is 12.0 Å². The zero-order valence-electron chi connectivity index (χ0n) is 9.66. The first-order chi connectivity index (χ1) is 7.67. The van der Waals surface area contributed by atoms with Gasteiger partial charge >= 0.3 is 0 Å². The molecule has 1 unspecified atom stereocenters. The molecule has 0 spiro atoms. The van der Waals surface area contributed by atoms with Gasteiger partial charge in [0.05, 0.1) is 6.61 Å². The highest BCUT2D eigenvalue weighted by Gasteiger charge is 2.12. The molecule has 1 aromatic rings. The SMILES string of the molecule is CCC(COC)C(=N)Cc1ccc(Cl)nc1. The van der Waals surface area contributed by atoms with E-state index in [0.29, 0.717) is 23.9 Å². The summed E-state index contributed by atoms with van der Waals surface area (Å²) in [4.78, 5) is 4.00. The Morgan fingerprint density at radius 2 is 2.31 bits per heavy atom. The summed E-state index contributed by atoms with van der Waals surface area (Å²) in [5, 5.41) is 8.48. The molecule has 0 saturated heterocycles. The third kappa shape index (κ3) is 3.91. The molecule has 3 nitrogen and oxygen atoms in total. The summed E-state index contributed by atoms with van der Waals surface area (Å²) in [6.07, 6.45) is 3.26. The Kier molecular flexibility index (Phi) is 5.43. The van der Waals surface area contributed by atoms with Gasteiger partial charge in [0.1, 0.15) is 5.15 Å². The number of aromatic nitrogens is 1. The minimum absolute atomic E-state index is 0.195. The zero-order valence-corrected chi connectivity index (χ0v) is 10.4. The van der Waals surface area contributed by atoms with E-state index in [-0.39, 0.29) is 5.92 Å². The first-order valence-corrected chi connectivity index (χ1v) is 5.71. The van der Waals surface area contributed by atoms with Crippen LogP contribution < -0.4 is 0 Å². The van der Waals surface area contributed by atoms with Gasteiger partial charge in [-0.15, -0.1) is 0 Å². The van der Waals surface area contributed by atoms with Crippen molar-refractivity contribution in [3.05, 3.63) is 29.0 Å². The van der Waals surface area contributed by atoms with Crippen LogP contribution in [0.2, 0.25) is 5.15 Å². The lowest BCUT2D eigenvalue weighted by Crippen LogP contribution is -2.20. The van der Waals surface area contributed by atoms with Gasteiger partial charge < -0.3 is 10.1 Å². The van der Waals surface area contributed by atoms with Crippen molar-refractivity contribution in [2.45, 2.75) is 19.8 Å². The maximum absolute atomic E-state index is 8.00. The minimum atomic E-state index is 0.195. The molecule has 0 fully saturated rings. The first-order valence-electron chi connectivity index (χ1n) is 5.34. The average molecular weight is 241 g/mol. The molecule has 16 heavy (non-hydrogen) atoms. The number of hydrogen-bond acceptors (Lipinski definition) is 3. The molecule has 0 aliphatic carbocycles. The van der Waals surface area contributed by atoms with Crippen molar-refractivity contribution in [2.75, 3.05) is 13.7 Å². The molecule has 0 radical (unpaired) electrons. The molecule has 1 N–H and O–H groups in total. The van der Waals surface area contributed by atoms with Gasteiger partial charge in [0.2, 0.25) is 0 Å².